The van der Waals surface area contributed by atoms with Gasteiger partial charge in [0, 0.05) is 40.5 Å². The van der Waals surface area contributed by atoms with Gasteiger partial charge in [0.05, 0.1) is 38.7 Å². The zero-order valence-electron chi connectivity index (χ0n) is 19.1. The van der Waals surface area contributed by atoms with E-state index in [1.165, 1.54) is 37.2 Å². The number of hydrogen-bond donors (Lipinski definition) is 1. The summed E-state index contributed by atoms with van der Waals surface area (Å²) in [6, 6.07) is 20.4. The molecule has 0 spiro atoms. The Balaban J connectivity index is 1.45. The van der Waals surface area contributed by atoms with E-state index in [1.54, 1.807) is 17.4 Å². The standard InChI is InChI=1S/C26H16ClN5O3S2/c1-35-22-11-20-18(10-21(22)32(33)34)25(16(12-28)13-29-20)31-17-7-8-23(19(27)9-17)36-26-30-14-24(37-26)15-5-3-2-4-6-15/h2-11,13-14H,1H3,(H,29,31). The second-order valence-corrected chi connectivity index (χ2v) is 10.4. The van der Waals surface area contributed by atoms with Crippen LogP contribution in [0.2, 0.25) is 5.02 Å². The van der Waals surface area contributed by atoms with Crippen molar-refractivity contribution in [1.29, 1.82) is 5.26 Å². The van der Waals surface area contributed by atoms with Crippen LogP contribution in [0.3, 0.4) is 0 Å². The third-order valence-corrected chi connectivity index (χ3v) is 8.05. The number of benzene rings is 3. The topological polar surface area (TPSA) is 114 Å². The van der Waals surface area contributed by atoms with Gasteiger partial charge in [-0.25, -0.2) is 4.98 Å². The molecule has 0 amide bonds. The molecule has 37 heavy (non-hydrogen) atoms. The van der Waals surface area contributed by atoms with Crippen molar-refractivity contribution in [3.05, 3.63) is 93.8 Å². The third kappa shape index (κ3) is 5.06. The van der Waals surface area contributed by atoms with Gasteiger partial charge in [-0.15, -0.1) is 11.3 Å². The number of rotatable bonds is 7. The number of thiazole rings is 1. The summed E-state index contributed by atoms with van der Waals surface area (Å²) in [5, 5.41) is 25.3. The van der Waals surface area contributed by atoms with E-state index in [-0.39, 0.29) is 17.0 Å². The lowest BCUT2D eigenvalue weighted by Crippen LogP contribution is -1.99. The second kappa shape index (κ2) is 10.4. The number of nitro benzene ring substituents is 1. The summed E-state index contributed by atoms with van der Waals surface area (Å²) in [6.45, 7) is 0. The van der Waals surface area contributed by atoms with Gasteiger partial charge < -0.3 is 10.1 Å². The van der Waals surface area contributed by atoms with Crippen LogP contribution >= 0.6 is 34.7 Å². The minimum atomic E-state index is -0.536. The van der Waals surface area contributed by atoms with Gasteiger partial charge in [0.1, 0.15) is 6.07 Å². The number of fused-ring (bicyclic) bond motifs is 1. The number of nitrogens with one attached hydrogen (secondary N) is 1. The van der Waals surface area contributed by atoms with Crippen LogP contribution in [0.15, 0.2) is 82.3 Å². The molecule has 11 heteroatoms. The van der Waals surface area contributed by atoms with Crippen LogP contribution in [0, 0.1) is 21.4 Å². The molecule has 0 radical (unpaired) electrons. The quantitative estimate of drug-likeness (QED) is 0.163. The normalized spacial score (nSPS) is 10.7. The van der Waals surface area contributed by atoms with Gasteiger partial charge in [0.2, 0.25) is 0 Å². The van der Waals surface area contributed by atoms with Crippen molar-refractivity contribution in [2.75, 3.05) is 12.4 Å². The van der Waals surface area contributed by atoms with Gasteiger partial charge in [-0.3, -0.25) is 15.1 Å². The van der Waals surface area contributed by atoms with Crippen LogP contribution in [0.1, 0.15) is 5.56 Å². The lowest BCUT2D eigenvalue weighted by molar-refractivity contribution is -0.385. The van der Waals surface area contributed by atoms with E-state index < -0.39 is 4.92 Å². The molecule has 182 valence electrons. The van der Waals surface area contributed by atoms with Gasteiger partial charge in [-0.2, -0.15) is 5.26 Å². The van der Waals surface area contributed by atoms with Gasteiger partial charge in [-0.05, 0) is 23.8 Å². The molecule has 0 saturated heterocycles. The molecule has 0 bridgehead atoms. The molecule has 0 aliphatic rings. The highest BCUT2D eigenvalue weighted by atomic mass is 35.5. The first kappa shape index (κ1) is 24.5. The molecule has 1 N–H and O–H groups in total. The average Bonchev–Trinajstić information content (AvgIpc) is 3.38. The van der Waals surface area contributed by atoms with E-state index in [2.05, 4.69) is 21.4 Å². The lowest BCUT2D eigenvalue weighted by atomic mass is 10.1. The molecule has 8 nitrogen and oxygen atoms in total. The van der Waals surface area contributed by atoms with Crippen molar-refractivity contribution >= 4 is 62.7 Å². The minimum Gasteiger partial charge on any atom is -0.490 e. The minimum absolute atomic E-state index is 0.0858. The number of methoxy groups -OCH3 is 1. The van der Waals surface area contributed by atoms with Crippen LogP contribution < -0.4 is 10.1 Å². The molecule has 0 unspecified atom stereocenters. The number of nitro groups is 1. The van der Waals surface area contributed by atoms with Crippen molar-refractivity contribution in [2.45, 2.75) is 9.24 Å². The van der Waals surface area contributed by atoms with E-state index >= 15 is 0 Å². The number of halogens is 1. The summed E-state index contributed by atoms with van der Waals surface area (Å²) in [7, 11) is 1.35. The van der Waals surface area contributed by atoms with Gasteiger partial charge in [-0.1, -0.05) is 53.7 Å². The molecule has 3 aromatic carbocycles. The monoisotopic (exact) mass is 545 g/mol. The fourth-order valence-corrected chi connectivity index (χ4v) is 5.92. The highest BCUT2D eigenvalue weighted by Gasteiger charge is 2.20. The zero-order chi connectivity index (χ0) is 25.9. The fourth-order valence-electron chi connectivity index (χ4n) is 3.67. The van der Waals surface area contributed by atoms with Crippen LogP contribution in [0.4, 0.5) is 17.1 Å². The molecule has 2 heterocycles. The second-order valence-electron chi connectivity index (χ2n) is 7.69. The molecule has 5 rings (SSSR count). The van der Waals surface area contributed by atoms with Crippen LogP contribution in [0.5, 0.6) is 5.75 Å². The molecular weight excluding hydrogens is 530 g/mol. The maximum atomic E-state index is 11.6. The Hall–Kier alpha value is -4.17. The zero-order valence-corrected chi connectivity index (χ0v) is 21.5. The summed E-state index contributed by atoms with van der Waals surface area (Å²) in [6.07, 6.45) is 3.26. The number of pyridine rings is 1. The summed E-state index contributed by atoms with van der Waals surface area (Å²) >= 11 is 9.64. The highest BCUT2D eigenvalue weighted by molar-refractivity contribution is 8.01. The Kier molecular flexibility index (Phi) is 6.92. The Labute approximate surface area is 224 Å². The fraction of sp³-hybridized carbons (Fsp3) is 0.0385. The number of hydrogen-bond acceptors (Lipinski definition) is 9. The first-order valence-corrected chi connectivity index (χ1v) is 12.8. The van der Waals surface area contributed by atoms with Gasteiger partial charge in [0.25, 0.3) is 0 Å². The van der Waals surface area contributed by atoms with Crippen LogP contribution in [-0.2, 0) is 0 Å². The van der Waals surface area contributed by atoms with E-state index in [4.69, 9.17) is 16.3 Å². The predicted octanol–water partition coefficient (Wildman–Crippen LogP) is 7.69. The van der Waals surface area contributed by atoms with E-state index in [1.807, 2.05) is 48.7 Å². The van der Waals surface area contributed by atoms with E-state index in [0.717, 1.165) is 19.7 Å². The first-order valence-electron chi connectivity index (χ1n) is 10.8. The number of nitriles is 1. The van der Waals surface area contributed by atoms with Crippen LogP contribution in [0.25, 0.3) is 21.3 Å². The van der Waals surface area contributed by atoms with Gasteiger partial charge in [0.15, 0.2) is 10.1 Å². The van der Waals surface area contributed by atoms with Crippen molar-refractivity contribution < 1.29 is 9.66 Å². The number of aromatic nitrogens is 2. The Morgan fingerprint density at radius 1 is 1.14 bits per heavy atom. The molecular formula is C26H16ClN5O3S2. The molecule has 0 aliphatic heterocycles. The van der Waals surface area contributed by atoms with Crippen molar-refractivity contribution in [2.24, 2.45) is 0 Å². The maximum absolute atomic E-state index is 11.6. The highest BCUT2D eigenvalue weighted by Crippen LogP contribution is 2.41. The first-order chi connectivity index (χ1) is 18.0. The lowest BCUT2D eigenvalue weighted by Gasteiger charge is -2.13. The molecule has 0 atom stereocenters. The molecule has 0 aliphatic carbocycles. The summed E-state index contributed by atoms with van der Waals surface area (Å²) in [5.41, 5.74) is 2.56. The van der Waals surface area contributed by atoms with Crippen molar-refractivity contribution in [3.8, 4) is 22.3 Å². The van der Waals surface area contributed by atoms with E-state index in [9.17, 15) is 15.4 Å². The predicted molar refractivity (Wildman–Crippen MR) is 146 cm³/mol. The van der Waals surface area contributed by atoms with E-state index in [0.29, 0.717) is 27.3 Å². The molecule has 5 aromatic rings. The molecule has 2 aromatic heterocycles. The average molecular weight is 546 g/mol. The summed E-state index contributed by atoms with van der Waals surface area (Å²) < 4.78 is 6.00. The van der Waals surface area contributed by atoms with Crippen molar-refractivity contribution in [3.63, 3.8) is 0 Å². The summed E-state index contributed by atoms with van der Waals surface area (Å²) in [4.78, 5) is 21.7. The molecule has 0 fully saturated rings. The largest absolute Gasteiger partial charge is 0.490 e. The maximum Gasteiger partial charge on any atom is 0.311 e. The SMILES string of the molecule is COc1cc2ncc(C#N)c(Nc3ccc(Sc4ncc(-c5ccccc5)s4)c(Cl)c3)c2cc1[N+](=O)[O-]. The smallest absolute Gasteiger partial charge is 0.311 e. The third-order valence-electron chi connectivity index (χ3n) is 5.43. The Morgan fingerprint density at radius 3 is 2.65 bits per heavy atom. The Bertz CT molecular complexity index is 1690. The summed E-state index contributed by atoms with van der Waals surface area (Å²) in [5.74, 6) is 0.0858. The van der Waals surface area contributed by atoms with Crippen LogP contribution in [-0.4, -0.2) is 22.0 Å². The number of anilines is 2. The van der Waals surface area contributed by atoms with Crippen molar-refractivity contribution in [1.82, 2.24) is 9.97 Å². The Morgan fingerprint density at radius 2 is 1.95 bits per heavy atom. The number of ether oxygens (including phenoxy) is 1. The molecule has 0 saturated carbocycles. The number of nitrogens with zero attached hydrogens (tertiary/aromatic N) is 4. The van der Waals surface area contributed by atoms with Gasteiger partial charge >= 0.3 is 5.69 Å².